The van der Waals surface area contributed by atoms with Crippen molar-refractivity contribution in [3.05, 3.63) is 21.4 Å². The topological polar surface area (TPSA) is 102 Å². The number of hydrogen-bond donors (Lipinski definition) is 2. The number of esters is 2. The third kappa shape index (κ3) is 4.52. The summed E-state index contributed by atoms with van der Waals surface area (Å²) in [4.78, 5) is 35.4. The molecular weight excluding hydrogens is 322 g/mol. The number of amides is 1. The van der Waals surface area contributed by atoms with Gasteiger partial charge in [-0.05, 0) is 25.3 Å². The predicted molar refractivity (Wildman–Crippen MR) is 82.3 cm³/mol. The molecule has 126 valence electrons. The number of hydrogen-bond acceptors (Lipinski definition) is 7. The highest BCUT2D eigenvalue weighted by molar-refractivity contribution is 7.10. The van der Waals surface area contributed by atoms with Crippen molar-refractivity contribution in [3.63, 3.8) is 0 Å². The first-order valence-electron chi connectivity index (χ1n) is 7.42. The van der Waals surface area contributed by atoms with Crippen LogP contribution >= 0.6 is 11.3 Å². The van der Waals surface area contributed by atoms with Crippen molar-refractivity contribution in [1.29, 1.82) is 0 Å². The highest BCUT2D eigenvalue weighted by Crippen LogP contribution is 2.30. The SMILES string of the molecule is CCOC(=O)C(=O)NCCOC(=O)c1csc2c1CCC(O)C2. The summed E-state index contributed by atoms with van der Waals surface area (Å²) >= 11 is 1.45. The molecule has 1 aliphatic carbocycles. The minimum Gasteiger partial charge on any atom is -0.460 e. The molecule has 0 aromatic carbocycles. The molecule has 7 nitrogen and oxygen atoms in total. The van der Waals surface area contributed by atoms with E-state index in [1.165, 1.54) is 11.3 Å². The number of aliphatic hydroxyl groups is 1. The van der Waals surface area contributed by atoms with E-state index in [0.717, 1.165) is 10.4 Å². The van der Waals surface area contributed by atoms with Crippen LogP contribution in [0.25, 0.3) is 0 Å². The van der Waals surface area contributed by atoms with Crippen molar-refractivity contribution in [2.75, 3.05) is 19.8 Å². The van der Waals surface area contributed by atoms with E-state index in [4.69, 9.17) is 4.74 Å². The predicted octanol–water partition coefficient (Wildman–Crippen LogP) is 0.434. The number of carbonyl (C=O) groups excluding carboxylic acids is 3. The maximum absolute atomic E-state index is 12.1. The molecule has 0 saturated carbocycles. The van der Waals surface area contributed by atoms with E-state index in [0.29, 0.717) is 24.8 Å². The highest BCUT2D eigenvalue weighted by atomic mass is 32.1. The highest BCUT2D eigenvalue weighted by Gasteiger charge is 2.24. The summed E-state index contributed by atoms with van der Waals surface area (Å²) in [5.41, 5.74) is 1.47. The molecule has 1 atom stereocenters. The van der Waals surface area contributed by atoms with Crippen LogP contribution < -0.4 is 5.32 Å². The first-order valence-corrected chi connectivity index (χ1v) is 8.30. The number of aliphatic hydroxyl groups excluding tert-OH is 1. The van der Waals surface area contributed by atoms with Crippen molar-refractivity contribution >= 4 is 29.2 Å². The Kier molecular flexibility index (Phi) is 6.12. The van der Waals surface area contributed by atoms with Gasteiger partial charge < -0.3 is 19.9 Å². The third-order valence-electron chi connectivity index (χ3n) is 3.43. The van der Waals surface area contributed by atoms with Crippen molar-refractivity contribution in [2.24, 2.45) is 0 Å². The summed E-state index contributed by atoms with van der Waals surface area (Å²) in [7, 11) is 0. The third-order valence-corrected chi connectivity index (χ3v) is 4.48. The van der Waals surface area contributed by atoms with Crippen LogP contribution in [0.5, 0.6) is 0 Å². The van der Waals surface area contributed by atoms with Crippen LogP contribution in [0.4, 0.5) is 0 Å². The van der Waals surface area contributed by atoms with Crippen LogP contribution in [0, 0.1) is 0 Å². The zero-order valence-corrected chi connectivity index (χ0v) is 13.6. The van der Waals surface area contributed by atoms with Gasteiger partial charge >= 0.3 is 17.8 Å². The Balaban J connectivity index is 1.78. The van der Waals surface area contributed by atoms with Gasteiger partial charge in [0.25, 0.3) is 0 Å². The van der Waals surface area contributed by atoms with Crippen LogP contribution in [0.15, 0.2) is 5.38 Å². The maximum atomic E-state index is 12.1. The van der Waals surface area contributed by atoms with Crippen LogP contribution in [-0.2, 0) is 31.9 Å². The van der Waals surface area contributed by atoms with Gasteiger partial charge in [0.05, 0.1) is 24.8 Å². The minimum absolute atomic E-state index is 0.0305. The van der Waals surface area contributed by atoms with E-state index in [1.807, 2.05) is 0 Å². The van der Waals surface area contributed by atoms with Crippen LogP contribution in [-0.4, -0.2) is 48.8 Å². The zero-order valence-electron chi connectivity index (χ0n) is 12.8. The summed E-state index contributed by atoms with van der Waals surface area (Å²) in [5, 5.41) is 13.7. The molecule has 8 heteroatoms. The molecule has 1 unspecified atom stereocenters. The molecule has 23 heavy (non-hydrogen) atoms. The van der Waals surface area contributed by atoms with Gasteiger partial charge in [-0.2, -0.15) is 0 Å². The lowest BCUT2D eigenvalue weighted by Gasteiger charge is -2.17. The standard InChI is InChI=1S/C15H19NO6S/c1-2-21-15(20)13(18)16-5-6-22-14(19)11-8-23-12-7-9(17)3-4-10(11)12/h8-9,17H,2-7H2,1H3,(H,16,18). The molecule has 1 aromatic heterocycles. The Morgan fingerprint density at radius 3 is 2.91 bits per heavy atom. The normalized spacial score (nSPS) is 16.3. The average molecular weight is 341 g/mol. The van der Waals surface area contributed by atoms with Crippen molar-refractivity contribution in [2.45, 2.75) is 32.3 Å². The molecule has 2 rings (SSSR count). The number of nitrogens with one attached hydrogen (secondary N) is 1. The van der Waals surface area contributed by atoms with Gasteiger partial charge in [-0.15, -0.1) is 11.3 Å². The number of rotatable bonds is 5. The smallest absolute Gasteiger partial charge is 0.396 e. The van der Waals surface area contributed by atoms with E-state index in [-0.39, 0.29) is 25.9 Å². The Morgan fingerprint density at radius 2 is 2.17 bits per heavy atom. The largest absolute Gasteiger partial charge is 0.460 e. The van der Waals surface area contributed by atoms with E-state index in [1.54, 1.807) is 12.3 Å². The van der Waals surface area contributed by atoms with E-state index in [9.17, 15) is 19.5 Å². The lowest BCUT2D eigenvalue weighted by atomic mass is 9.94. The fourth-order valence-electron chi connectivity index (χ4n) is 2.32. The van der Waals surface area contributed by atoms with Gasteiger partial charge in [0, 0.05) is 16.7 Å². The van der Waals surface area contributed by atoms with Gasteiger partial charge in [0.15, 0.2) is 0 Å². The maximum Gasteiger partial charge on any atom is 0.396 e. The Morgan fingerprint density at radius 1 is 1.39 bits per heavy atom. The second kappa shape index (κ2) is 8.07. The Bertz CT molecular complexity index is 597. The molecule has 0 spiro atoms. The number of carbonyl (C=O) groups is 3. The van der Waals surface area contributed by atoms with E-state index in [2.05, 4.69) is 10.1 Å². The van der Waals surface area contributed by atoms with E-state index >= 15 is 0 Å². The monoisotopic (exact) mass is 341 g/mol. The van der Waals surface area contributed by atoms with Gasteiger partial charge in [0.2, 0.25) is 0 Å². The molecule has 1 aromatic rings. The number of thiophene rings is 1. The first-order chi connectivity index (χ1) is 11.0. The second-order valence-electron chi connectivity index (χ2n) is 5.06. The molecule has 2 N–H and O–H groups in total. The number of ether oxygens (including phenoxy) is 2. The van der Waals surface area contributed by atoms with Crippen LogP contribution in [0.2, 0.25) is 0 Å². The summed E-state index contributed by atoms with van der Waals surface area (Å²) in [6.45, 7) is 1.73. The molecule has 1 amide bonds. The Labute approximate surface area is 137 Å². The minimum atomic E-state index is -0.954. The van der Waals surface area contributed by atoms with E-state index < -0.39 is 17.8 Å². The first kappa shape index (κ1) is 17.4. The van der Waals surface area contributed by atoms with Gasteiger partial charge in [0.1, 0.15) is 6.61 Å². The Hall–Kier alpha value is -1.93. The molecule has 0 aliphatic heterocycles. The average Bonchev–Trinajstić information content (AvgIpc) is 2.94. The van der Waals surface area contributed by atoms with Gasteiger partial charge in [-0.25, -0.2) is 9.59 Å². The second-order valence-corrected chi connectivity index (χ2v) is 6.02. The molecule has 0 fully saturated rings. The lowest BCUT2D eigenvalue weighted by Crippen LogP contribution is -2.35. The molecule has 0 bridgehead atoms. The summed E-state index contributed by atoms with van der Waals surface area (Å²) in [6, 6.07) is 0. The van der Waals surface area contributed by atoms with Crippen LogP contribution in [0.1, 0.15) is 34.1 Å². The summed E-state index contributed by atoms with van der Waals surface area (Å²) in [5.74, 6) is -2.27. The fourth-order valence-corrected chi connectivity index (χ4v) is 3.46. The summed E-state index contributed by atoms with van der Waals surface area (Å²) in [6.07, 6.45) is 1.52. The molecular formula is C15H19NO6S. The van der Waals surface area contributed by atoms with Gasteiger partial charge in [-0.1, -0.05) is 0 Å². The van der Waals surface area contributed by atoms with Gasteiger partial charge in [-0.3, -0.25) is 4.79 Å². The summed E-state index contributed by atoms with van der Waals surface area (Å²) < 4.78 is 9.64. The zero-order chi connectivity index (χ0) is 16.8. The molecule has 1 aliphatic rings. The van der Waals surface area contributed by atoms with Crippen molar-refractivity contribution < 1.29 is 29.0 Å². The van der Waals surface area contributed by atoms with Crippen LogP contribution in [0.3, 0.4) is 0 Å². The molecule has 0 saturated heterocycles. The lowest BCUT2D eigenvalue weighted by molar-refractivity contribution is -0.154. The molecule has 1 heterocycles. The van der Waals surface area contributed by atoms with Crippen molar-refractivity contribution in [3.8, 4) is 0 Å². The quantitative estimate of drug-likeness (QED) is 0.458. The molecule has 0 radical (unpaired) electrons. The van der Waals surface area contributed by atoms with Crippen molar-refractivity contribution in [1.82, 2.24) is 5.32 Å². The fraction of sp³-hybridized carbons (Fsp3) is 0.533. The number of fused-ring (bicyclic) bond motifs is 1.